The zero-order chi connectivity index (χ0) is 18.7. The molecule has 0 amide bonds. The smallest absolute Gasteiger partial charge is 0.118 e. The molecule has 0 spiro atoms. The molecule has 0 saturated heterocycles. The Kier molecular flexibility index (Phi) is 23.3. The molecular weight excluding hydrogens is 356 g/mol. The van der Waals surface area contributed by atoms with Gasteiger partial charge < -0.3 is 9.47 Å². The minimum atomic E-state index is 0. The van der Waals surface area contributed by atoms with E-state index in [4.69, 9.17) is 9.47 Å². The van der Waals surface area contributed by atoms with Gasteiger partial charge in [-0.2, -0.15) is 0 Å². The highest BCUT2D eigenvalue weighted by Gasteiger charge is 2.02. The molecule has 170 valence electrons. The summed E-state index contributed by atoms with van der Waals surface area (Å²) in [5.74, 6) is 2.24. The first-order valence-corrected chi connectivity index (χ1v) is 9.27. The molecule has 29 heavy (non-hydrogen) atoms. The molecule has 2 nitrogen and oxygen atoms in total. The van der Waals surface area contributed by atoms with E-state index in [-0.39, 0.29) is 29.7 Å². The number of hydrogen-bond donors (Lipinski definition) is 0. The third kappa shape index (κ3) is 12.4. The normalized spacial score (nSPS) is 11.0. The Labute approximate surface area is 183 Å². The van der Waals surface area contributed by atoms with Crippen molar-refractivity contribution >= 4 is 0 Å². The molecule has 0 aliphatic heterocycles. The van der Waals surface area contributed by atoms with Crippen LogP contribution in [0.25, 0.3) is 0 Å². The second-order valence-electron chi connectivity index (χ2n) is 6.57. The van der Waals surface area contributed by atoms with Gasteiger partial charge in [0.25, 0.3) is 0 Å². The molecular formula is C27H50O2. The minimum absolute atomic E-state index is 0. The van der Waals surface area contributed by atoms with Gasteiger partial charge in [0.1, 0.15) is 5.75 Å². The van der Waals surface area contributed by atoms with E-state index >= 15 is 0 Å². The molecule has 2 heteroatoms. The van der Waals surface area contributed by atoms with Gasteiger partial charge in [0.05, 0.1) is 13.7 Å². The summed E-state index contributed by atoms with van der Waals surface area (Å²) in [5, 5.41) is 0. The van der Waals surface area contributed by atoms with Crippen LogP contribution in [-0.4, -0.2) is 14.2 Å². The maximum atomic E-state index is 5.08. The van der Waals surface area contributed by atoms with Gasteiger partial charge in [0.2, 0.25) is 0 Å². The highest BCUT2D eigenvalue weighted by atomic mass is 16.5. The third-order valence-electron chi connectivity index (χ3n) is 4.77. The van der Waals surface area contributed by atoms with E-state index in [1.54, 1.807) is 14.2 Å². The highest BCUT2D eigenvalue weighted by molar-refractivity contribution is 5.29. The number of rotatable bonds is 7. The molecule has 0 saturated carbocycles. The fraction of sp³-hybridized carbons (Fsp3) is 0.556. The van der Waals surface area contributed by atoms with E-state index in [1.807, 2.05) is 12.1 Å². The lowest BCUT2D eigenvalue weighted by atomic mass is 9.98. The molecule has 2 unspecified atom stereocenters. The first kappa shape index (κ1) is 34.7. The van der Waals surface area contributed by atoms with E-state index in [1.165, 1.54) is 29.5 Å². The van der Waals surface area contributed by atoms with Crippen molar-refractivity contribution in [1.82, 2.24) is 0 Å². The van der Waals surface area contributed by atoms with Crippen LogP contribution >= 0.6 is 0 Å². The maximum Gasteiger partial charge on any atom is 0.118 e. The Morgan fingerprint density at radius 2 is 1.03 bits per heavy atom. The summed E-state index contributed by atoms with van der Waals surface area (Å²) in [5.41, 5.74) is 4.05. The summed E-state index contributed by atoms with van der Waals surface area (Å²) in [6.45, 7) is 9.62. The predicted octanol–water partition coefficient (Wildman–Crippen LogP) is 9.10. The van der Waals surface area contributed by atoms with Crippen molar-refractivity contribution in [3.63, 3.8) is 0 Å². The average Bonchev–Trinajstić information content (AvgIpc) is 2.68. The number of hydrogen-bond acceptors (Lipinski definition) is 2. The summed E-state index contributed by atoms with van der Waals surface area (Å²) < 4.78 is 10.1. The van der Waals surface area contributed by atoms with E-state index in [2.05, 4.69) is 64.1 Å². The molecule has 2 aromatic rings. The molecule has 2 atom stereocenters. The van der Waals surface area contributed by atoms with Crippen LogP contribution in [0.15, 0.2) is 48.5 Å². The summed E-state index contributed by atoms with van der Waals surface area (Å²) in [6, 6.07) is 17.0. The minimum Gasteiger partial charge on any atom is -0.497 e. The summed E-state index contributed by atoms with van der Waals surface area (Å²) in [4.78, 5) is 0. The van der Waals surface area contributed by atoms with Gasteiger partial charge in [0.15, 0.2) is 0 Å². The van der Waals surface area contributed by atoms with Crippen LogP contribution in [0.1, 0.15) is 98.8 Å². The second kappa shape index (κ2) is 19.5. The van der Waals surface area contributed by atoms with Gasteiger partial charge in [-0.1, -0.05) is 93.8 Å². The maximum absolute atomic E-state index is 5.08. The molecule has 0 fully saturated rings. The first-order valence-electron chi connectivity index (χ1n) is 9.27. The van der Waals surface area contributed by atoms with E-state index in [9.17, 15) is 0 Å². The molecule has 0 bridgehead atoms. The Morgan fingerprint density at radius 3 is 1.34 bits per heavy atom. The van der Waals surface area contributed by atoms with Crippen molar-refractivity contribution in [3.05, 3.63) is 65.2 Å². The van der Waals surface area contributed by atoms with Gasteiger partial charge in [-0.3, -0.25) is 0 Å². The second-order valence-corrected chi connectivity index (χ2v) is 6.57. The van der Waals surface area contributed by atoms with E-state index < -0.39 is 0 Å². The first-order chi connectivity index (χ1) is 12.0. The van der Waals surface area contributed by atoms with Gasteiger partial charge >= 0.3 is 0 Å². The topological polar surface area (TPSA) is 18.5 Å². The lowest BCUT2D eigenvalue weighted by Gasteiger charge is -2.09. The van der Waals surface area contributed by atoms with Crippen molar-refractivity contribution in [1.29, 1.82) is 0 Å². The molecule has 0 aliphatic carbocycles. The number of benzene rings is 2. The van der Waals surface area contributed by atoms with Crippen molar-refractivity contribution in [2.45, 2.75) is 88.7 Å². The zero-order valence-electron chi connectivity index (χ0n) is 16.7. The van der Waals surface area contributed by atoms with Crippen molar-refractivity contribution in [2.75, 3.05) is 14.2 Å². The predicted molar refractivity (Wildman–Crippen MR) is 134 cm³/mol. The van der Waals surface area contributed by atoms with Gasteiger partial charge in [-0.25, -0.2) is 0 Å². The lowest BCUT2D eigenvalue weighted by molar-refractivity contribution is 0.185. The van der Waals surface area contributed by atoms with E-state index in [0.717, 1.165) is 5.75 Å². The Bertz CT molecular complexity index is 572. The van der Waals surface area contributed by atoms with Crippen molar-refractivity contribution in [2.24, 2.45) is 0 Å². The lowest BCUT2D eigenvalue weighted by Crippen LogP contribution is -1.92. The van der Waals surface area contributed by atoms with Gasteiger partial charge in [0, 0.05) is 7.11 Å². The SMILES string of the molecule is C.C.C.C.CCC(C)c1ccc(COC)cc1.CCC(C)c1ccc(OC)cc1. The molecule has 2 aromatic carbocycles. The number of ether oxygens (including phenoxy) is 2. The van der Waals surface area contributed by atoms with Crippen LogP contribution in [0, 0.1) is 0 Å². The van der Waals surface area contributed by atoms with Gasteiger partial charge in [-0.05, 0) is 53.5 Å². The summed E-state index contributed by atoms with van der Waals surface area (Å²) in [6.07, 6.45) is 2.38. The van der Waals surface area contributed by atoms with Crippen molar-refractivity contribution < 1.29 is 9.47 Å². The standard InChI is InChI=1S/C12H18O.C11H16O.4CH4/c1-4-10(2)12-7-5-11(6-8-12)9-13-3;1-4-9(2)10-5-7-11(12-3)8-6-10;;;;/h5-8,10H,4,9H2,1-3H3;5-9H,4H2,1-3H3;4*1H4. The highest BCUT2D eigenvalue weighted by Crippen LogP contribution is 2.21. The fourth-order valence-electron chi connectivity index (χ4n) is 2.51. The fourth-order valence-corrected chi connectivity index (χ4v) is 2.51. The Balaban J connectivity index is -0.000000190. The Morgan fingerprint density at radius 1 is 0.655 bits per heavy atom. The number of methoxy groups -OCH3 is 2. The molecule has 0 aromatic heterocycles. The van der Waals surface area contributed by atoms with Gasteiger partial charge in [-0.15, -0.1) is 0 Å². The van der Waals surface area contributed by atoms with Crippen LogP contribution in [0.3, 0.4) is 0 Å². The van der Waals surface area contributed by atoms with E-state index in [0.29, 0.717) is 18.4 Å². The van der Waals surface area contributed by atoms with Crippen LogP contribution in [0.5, 0.6) is 5.75 Å². The van der Waals surface area contributed by atoms with Crippen LogP contribution < -0.4 is 4.74 Å². The Hall–Kier alpha value is -1.80. The van der Waals surface area contributed by atoms with Crippen LogP contribution in [-0.2, 0) is 11.3 Å². The van der Waals surface area contributed by atoms with Crippen molar-refractivity contribution in [3.8, 4) is 5.75 Å². The summed E-state index contributed by atoms with van der Waals surface area (Å²) in [7, 11) is 3.42. The molecule has 0 N–H and O–H groups in total. The van der Waals surface area contributed by atoms with Crippen LogP contribution in [0.2, 0.25) is 0 Å². The average molecular weight is 407 g/mol. The summed E-state index contributed by atoms with van der Waals surface area (Å²) >= 11 is 0. The molecule has 0 radical (unpaired) electrons. The van der Waals surface area contributed by atoms with Crippen LogP contribution in [0.4, 0.5) is 0 Å². The third-order valence-corrected chi connectivity index (χ3v) is 4.77. The molecule has 0 aliphatic rings. The zero-order valence-corrected chi connectivity index (χ0v) is 16.7. The largest absolute Gasteiger partial charge is 0.497 e. The molecule has 2 rings (SSSR count). The molecule has 0 heterocycles. The monoisotopic (exact) mass is 406 g/mol. The quantitative estimate of drug-likeness (QED) is 0.456.